The standard InChI is InChI=1S/C22H21Cl2N3O3S2.C21H20Cl2N4O3S2/c23-17-3-1-16(2-4-17)22(28)25-15-20-9-10-21(31-20)32(29,30)27-13-11-26(12-14-27)19-7-5-18(24)6-8-19;22-16-6-4-15(5-7-16)21(28)24-14-17-8-9-20(31-17)32(29,30)27-12-10-26(11-13-27)19-3-1-2-18(23)25-19/h1-10H,11-15H2,(H,25,28);1-9H,10-14H2,(H,24,28). The van der Waals surface area contributed by atoms with Crippen LogP contribution in [0.4, 0.5) is 11.5 Å². The minimum atomic E-state index is -3.60. The van der Waals surface area contributed by atoms with E-state index in [1.807, 2.05) is 41.3 Å². The minimum absolute atomic E-state index is 0.238. The molecule has 0 bridgehead atoms. The molecule has 0 atom stereocenters. The number of sulfonamides is 2. The summed E-state index contributed by atoms with van der Waals surface area (Å²) >= 11 is 25.9. The van der Waals surface area contributed by atoms with Crippen LogP contribution in [0.3, 0.4) is 0 Å². The summed E-state index contributed by atoms with van der Waals surface area (Å²) < 4.78 is 55.9. The lowest BCUT2D eigenvalue weighted by Crippen LogP contribution is -2.48. The fourth-order valence-electron chi connectivity index (χ4n) is 6.75. The van der Waals surface area contributed by atoms with Crippen LogP contribution in [0.25, 0.3) is 0 Å². The normalized spacial score (nSPS) is 15.0. The number of benzene rings is 3. The first-order valence-corrected chi connectivity index (χ1v) is 25.8. The number of nitrogens with one attached hydrogen (secondary N) is 2. The van der Waals surface area contributed by atoms with Crippen LogP contribution in [-0.4, -0.2) is 94.6 Å². The van der Waals surface area contributed by atoms with Gasteiger partial charge in [0.2, 0.25) is 0 Å². The lowest BCUT2D eigenvalue weighted by molar-refractivity contribution is 0.0943. The van der Waals surface area contributed by atoms with Gasteiger partial charge in [0, 0.05) is 94.0 Å². The van der Waals surface area contributed by atoms with Crippen LogP contribution < -0.4 is 20.4 Å². The highest BCUT2D eigenvalue weighted by Crippen LogP contribution is 2.29. The van der Waals surface area contributed by atoms with Crippen molar-refractivity contribution < 1.29 is 26.4 Å². The van der Waals surface area contributed by atoms with Gasteiger partial charge in [-0.05, 0) is 109 Å². The van der Waals surface area contributed by atoms with Gasteiger partial charge >= 0.3 is 0 Å². The topological polar surface area (TPSA) is 152 Å². The van der Waals surface area contributed by atoms with E-state index in [2.05, 4.69) is 20.5 Å². The van der Waals surface area contributed by atoms with E-state index in [-0.39, 0.29) is 33.3 Å². The number of amides is 2. The molecule has 5 heterocycles. The third-order valence-electron chi connectivity index (χ3n) is 10.2. The van der Waals surface area contributed by atoms with Crippen LogP contribution in [-0.2, 0) is 33.1 Å². The summed E-state index contributed by atoms with van der Waals surface area (Å²) in [6, 6.07) is 32.8. The number of thiophene rings is 2. The number of carbonyl (C=O) groups is 2. The first kappa shape index (κ1) is 47.7. The lowest BCUT2D eigenvalue weighted by atomic mass is 10.2. The van der Waals surface area contributed by atoms with Crippen molar-refractivity contribution in [2.45, 2.75) is 21.5 Å². The number of hydrogen-bond donors (Lipinski definition) is 2. The Morgan fingerprint density at radius 3 is 1.34 bits per heavy atom. The molecule has 2 fully saturated rings. The zero-order valence-corrected chi connectivity index (χ0v) is 40.2. The van der Waals surface area contributed by atoms with E-state index in [0.717, 1.165) is 32.6 Å². The molecule has 336 valence electrons. The number of carbonyl (C=O) groups excluding carboxylic acids is 2. The third-order valence-corrected chi connectivity index (χ3v) is 18.1. The fraction of sp³-hybridized carbons (Fsp3) is 0.233. The Bertz CT molecular complexity index is 2780. The van der Waals surface area contributed by atoms with Crippen molar-refractivity contribution in [1.29, 1.82) is 0 Å². The molecular formula is C43H41Cl4N7O6S4. The number of piperazine rings is 2. The van der Waals surface area contributed by atoms with E-state index in [0.29, 0.717) is 83.7 Å². The van der Waals surface area contributed by atoms with E-state index in [1.165, 1.54) is 19.9 Å². The smallest absolute Gasteiger partial charge is 0.252 e. The summed E-state index contributed by atoms with van der Waals surface area (Å²) in [6.07, 6.45) is 0. The molecule has 2 amide bonds. The van der Waals surface area contributed by atoms with Crippen molar-refractivity contribution in [1.82, 2.24) is 24.2 Å². The molecule has 2 aliphatic heterocycles. The quantitative estimate of drug-likeness (QED) is 0.115. The molecule has 0 radical (unpaired) electrons. The number of anilines is 2. The second kappa shape index (κ2) is 21.4. The molecule has 2 N–H and O–H groups in total. The molecule has 2 aliphatic rings. The van der Waals surface area contributed by atoms with Crippen LogP contribution in [0.15, 0.2) is 124 Å². The number of pyridine rings is 1. The zero-order valence-electron chi connectivity index (χ0n) is 33.9. The molecular weight excluding hydrogens is 981 g/mol. The van der Waals surface area contributed by atoms with Crippen LogP contribution >= 0.6 is 69.1 Å². The van der Waals surface area contributed by atoms with Crippen LogP contribution in [0.1, 0.15) is 30.5 Å². The van der Waals surface area contributed by atoms with Gasteiger partial charge in [0.25, 0.3) is 31.9 Å². The van der Waals surface area contributed by atoms with Gasteiger partial charge in [-0.1, -0.05) is 52.5 Å². The minimum Gasteiger partial charge on any atom is -0.369 e. The van der Waals surface area contributed by atoms with Crippen molar-refractivity contribution in [3.63, 3.8) is 0 Å². The number of hydrogen-bond acceptors (Lipinski definition) is 11. The van der Waals surface area contributed by atoms with Crippen molar-refractivity contribution >= 4 is 112 Å². The Balaban J connectivity index is 0.000000191. The maximum Gasteiger partial charge on any atom is 0.252 e. The van der Waals surface area contributed by atoms with Gasteiger partial charge in [0.15, 0.2) is 0 Å². The average molecular weight is 1020 g/mol. The Hall–Kier alpha value is -4.27. The summed E-state index contributed by atoms with van der Waals surface area (Å²) in [5, 5.41) is 7.81. The molecule has 3 aromatic carbocycles. The predicted molar refractivity (Wildman–Crippen MR) is 257 cm³/mol. The highest BCUT2D eigenvalue weighted by atomic mass is 35.5. The number of nitrogens with zero attached hydrogens (tertiary/aromatic N) is 5. The van der Waals surface area contributed by atoms with Crippen LogP contribution in [0, 0.1) is 0 Å². The molecule has 0 unspecified atom stereocenters. The number of halogens is 4. The average Bonchev–Trinajstić information content (AvgIpc) is 4.00. The summed E-state index contributed by atoms with van der Waals surface area (Å²) in [7, 11) is -7.17. The van der Waals surface area contributed by atoms with Gasteiger partial charge in [-0.25, -0.2) is 21.8 Å². The Morgan fingerprint density at radius 1 is 0.516 bits per heavy atom. The van der Waals surface area contributed by atoms with E-state index >= 15 is 0 Å². The van der Waals surface area contributed by atoms with Crippen LogP contribution in [0.2, 0.25) is 20.2 Å². The fourth-order valence-corrected chi connectivity index (χ4v) is 13.0. The lowest BCUT2D eigenvalue weighted by Gasteiger charge is -2.35. The monoisotopic (exact) mass is 1020 g/mol. The van der Waals surface area contributed by atoms with Crippen molar-refractivity contribution in [2.24, 2.45) is 0 Å². The molecule has 3 aromatic heterocycles. The van der Waals surface area contributed by atoms with Crippen molar-refractivity contribution in [3.8, 4) is 0 Å². The Morgan fingerprint density at radius 2 is 0.922 bits per heavy atom. The highest BCUT2D eigenvalue weighted by molar-refractivity contribution is 7.91. The maximum atomic E-state index is 13.1. The number of aromatic nitrogens is 1. The molecule has 8 rings (SSSR count). The maximum absolute atomic E-state index is 13.1. The predicted octanol–water partition coefficient (Wildman–Crippen LogP) is 8.39. The van der Waals surface area contributed by atoms with Gasteiger partial charge in [0.05, 0.1) is 13.1 Å². The Kier molecular flexibility index (Phi) is 15.9. The molecule has 13 nitrogen and oxygen atoms in total. The van der Waals surface area contributed by atoms with Crippen molar-refractivity contribution in [2.75, 3.05) is 62.2 Å². The van der Waals surface area contributed by atoms with Gasteiger partial charge < -0.3 is 20.4 Å². The second-order valence-electron chi connectivity index (χ2n) is 14.4. The van der Waals surface area contributed by atoms with Crippen molar-refractivity contribution in [3.05, 3.63) is 156 Å². The van der Waals surface area contributed by atoms with E-state index in [4.69, 9.17) is 46.4 Å². The van der Waals surface area contributed by atoms with E-state index in [9.17, 15) is 26.4 Å². The molecule has 0 spiro atoms. The van der Waals surface area contributed by atoms with Gasteiger partial charge in [0.1, 0.15) is 19.4 Å². The summed E-state index contributed by atoms with van der Waals surface area (Å²) in [4.78, 5) is 34.5. The Labute approximate surface area is 400 Å². The SMILES string of the molecule is O=C(NCc1ccc(S(=O)(=O)N2CCN(c3ccc(Cl)cc3)CC2)s1)c1ccc(Cl)cc1.O=C(NCc1ccc(S(=O)(=O)N2CCN(c3cccc(Cl)n3)CC2)s1)c1ccc(Cl)cc1. The second-order valence-corrected chi connectivity index (χ2v) is 22.8. The third kappa shape index (κ3) is 12.1. The molecule has 64 heavy (non-hydrogen) atoms. The van der Waals surface area contributed by atoms with Gasteiger partial charge in [-0.2, -0.15) is 8.61 Å². The van der Waals surface area contributed by atoms with E-state index in [1.54, 1.807) is 78.9 Å². The summed E-state index contributed by atoms with van der Waals surface area (Å²) in [5.74, 6) is 0.257. The molecule has 0 aliphatic carbocycles. The summed E-state index contributed by atoms with van der Waals surface area (Å²) in [5.41, 5.74) is 2.02. The molecule has 6 aromatic rings. The van der Waals surface area contributed by atoms with Gasteiger partial charge in [-0.3, -0.25) is 9.59 Å². The molecule has 2 saturated heterocycles. The highest BCUT2D eigenvalue weighted by Gasteiger charge is 2.31. The largest absolute Gasteiger partial charge is 0.369 e. The van der Waals surface area contributed by atoms with Crippen LogP contribution in [0.5, 0.6) is 0 Å². The molecule has 21 heteroatoms. The molecule has 0 saturated carbocycles. The van der Waals surface area contributed by atoms with E-state index < -0.39 is 20.0 Å². The van der Waals surface area contributed by atoms with Gasteiger partial charge in [-0.15, -0.1) is 22.7 Å². The zero-order chi connectivity index (χ0) is 45.4. The first-order valence-electron chi connectivity index (χ1n) is 19.8. The number of rotatable bonds is 12. The first-order chi connectivity index (χ1) is 30.6. The summed E-state index contributed by atoms with van der Waals surface area (Å²) in [6.45, 7) is 4.31.